The Bertz CT molecular complexity index is 192. The maximum atomic E-state index is 11.1. The summed E-state index contributed by atoms with van der Waals surface area (Å²) < 4.78 is 4.53. The van der Waals surface area contributed by atoms with E-state index < -0.39 is 12.0 Å². The third kappa shape index (κ3) is 5.19. The highest BCUT2D eigenvalue weighted by Crippen LogP contribution is 1.90. The van der Waals surface area contributed by atoms with Gasteiger partial charge in [0.25, 0.3) is 0 Å². The number of hydrogen-bond donors (Lipinski definition) is 1. The van der Waals surface area contributed by atoms with Gasteiger partial charge in [-0.2, -0.15) is 0 Å². The Labute approximate surface area is 78.0 Å². The smallest absolute Gasteiger partial charge is 0.329 e. The highest BCUT2D eigenvalue weighted by molar-refractivity contribution is 5.83. The fourth-order valence-electron chi connectivity index (χ4n) is 0.932. The number of ether oxygens (including phenoxy) is 1. The topological polar surface area (TPSA) is 58.6 Å². The molecule has 0 aromatic rings. The zero-order chi connectivity index (χ0) is 10.4. The quantitative estimate of drug-likeness (QED) is 0.588. The molecule has 1 atom stereocenters. The van der Waals surface area contributed by atoms with Gasteiger partial charge >= 0.3 is 5.97 Å². The number of methoxy groups -OCH3 is 1. The van der Waals surface area contributed by atoms with E-state index in [1.807, 2.05) is 14.1 Å². The summed E-state index contributed by atoms with van der Waals surface area (Å²) in [5.74, 6) is -0.666. The van der Waals surface area contributed by atoms with Crippen LogP contribution in [0.1, 0.15) is 6.92 Å². The van der Waals surface area contributed by atoms with Crippen molar-refractivity contribution >= 4 is 11.9 Å². The van der Waals surface area contributed by atoms with E-state index >= 15 is 0 Å². The molecule has 0 spiro atoms. The van der Waals surface area contributed by atoms with Crippen LogP contribution in [0.4, 0.5) is 0 Å². The van der Waals surface area contributed by atoms with Crippen LogP contribution in [-0.2, 0) is 14.3 Å². The SMILES string of the molecule is COC(=O)C(CN(C)C)NC(C)=O. The van der Waals surface area contributed by atoms with Crippen LogP contribution in [-0.4, -0.2) is 50.6 Å². The lowest BCUT2D eigenvalue weighted by molar-refractivity contribution is -0.145. The van der Waals surface area contributed by atoms with Gasteiger partial charge < -0.3 is 15.0 Å². The molecule has 5 nitrogen and oxygen atoms in total. The van der Waals surface area contributed by atoms with Crippen molar-refractivity contribution in [3.05, 3.63) is 0 Å². The fraction of sp³-hybridized carbons (Fsp3) is 0.750. The molecule has 0 aliphatic heterocycles. The van der Waals surface area contributed by atoms with E-state index in [1.54, 1.807) is 4.90 Å². The standard InChI is InChI=1S/C8H16N2O3/c1-6(11)9-7(5-10(2)3)8(12)13-4/h7H,5H2,1-4H3,(H,9,11). The number of likely N-dealkylation sites (N-methyl/N-ethyl adjacent to an activating group) is 1. The van der Waals surface area contributed by atoms with Crippen molar-refractivity contribution in [1.29, 1.82) is 0 Å². The minimum absolute atomic E-state index is 0.239. The Morgan fingerprint density at radius 2 is 2.00 bits per heavy atom. The molecule has 0 aliphatic rings. The molecule has 0 fully saturated rings. The minimum atomic E-state index is -0.586. The third-order valence-electron chi connectivity index (χ3n) is 1.41. The van der Waals surface area contributed by atoms with E-state index in [1.165, 1.54) is 14.0 Å². The molecule has 0 aliphatic carbocycles. The Hall–Kier alpha value is -1.10. The predicted molar refractivity (Wildman–Crippen MR) is 48.2 cm³/mol. The number of carbonyl (C=O) groups excluding carboxylic acids is 2. The predicted octanol–water partition coefficient (Wildman–Crippen LogP) is -0.774. The van der Waals surface area contributed by atoms with Gasteiger partial charge in [0.05, 0.1) is 7.11 Å². The maximum Gasteiger partial charge on any atom is 0.329 e. The van der Waals surface area contributed by atoms with E-state index in [2.05, 4.69) is 10.1 Å². The molecule has 0 radical (unpaired) electrons. The molecule has 0 aromatic heterocycles. The van der Waals surface area contributed by atoms with Crippen molar-refractivity contribution in [2.24, 2.45) is 0 Å². The molecule has 1 amide bonds. The second kappa shape index (κ2) is 5.53. The summed E-state index contributed by atoms with van der Waals surface area (Å²) in [5.41, 5.74) is 0. The number of rotatable bonds is 4. The van der Waals surface area contributed by atoms with E-state index in [0.717, 1.165) is 0 Å². The first-order valence-corrected chi connectivity index (χ1v) is 3.97. The van der Waals surface area contributed by atoms with E-state index in [-0.39, 0.29) is 5.91 Å². The molecule has 1 unspecified atom stereocenters. The van der Waals surface area contributed by atoms with Gasteiger partial charge in [0, 0.05) is 13.5 Å². The van der Waals surface area contributed by atoms with Gasteiger partial charge in [-0.1, -0.05) is 0 Å². The fourth-order valence-corrected chi connectivity index (χ4v) is 0.932. The van der Waals surface area contributed by atoms with Crippen molar-refractivity contribution < 1.29 is 14.3 Å². The summed E-state index contributed by atoms with van der Waals surface area (Å²) >= 11 is 0. The van der Waals surface area contributed by atoms with Crippen LogP contribution in [0.5, 0.6) is 0 Å². The lowest BCUT2D eigenvalue weighted by Crippen LogP contribution is -2.46. The number of carbonyl (C=O) groups is 2. The maximum absolute atomic E-state index is 11.1. The Morgan fingerprint density at radius 1 is 1.46 bits per heavy atom. The zero-order valence-corrected chi connectivity index (χ0v) is 8.46. The highest BCUT2D eigenvalue weighted by Gasteiger charge is 2.20. The summed E-state index contributed by atoms with van der Waals surface area (Å²) in [6.45, 7) is 1.80. The molecule has 0 rings (SSSR count). The van der Waals surface area contributed by atoms with Gasteiger partial charge in [-0.15, -0.1) is 0 Å². The van der Waals surface area contributed by atoms with Crippen molar-refractivity contribution in [2.75, 3.05) is 27.7 Å². The summed E-state index contributed by atoms with van der Waals surface area (Å²) in [4.78, 5) is 23.6. The first-order chi connectivity index (χ1) is 5.97. The molecule has 76 valence electrons. The van der Waals surface area contributed by atoms with E-state index in [4.69, 9.17) is 0 Å². The van der Waals surface area contributed by atoms with Crippen molar-refractivity contribution in [2.45, 2.75) is 13.0 Å². The lowest BCUT2D eigenvalue weighted by Gasteiger charge is -2.19. The molecule has 0 saturated carbocycles. The summed E-state index contributed by atoms with van der Waals surface area (Å²) in [6, 6.07) is -0.586. The van der Waals surface area contributed by atoms with Gasteiger partial charge in [-0.05, 0) is 14.1 Å². The average molecular weight is 188 g/mol. The van der Waals surface area contributed by atoms with Crippen molar-refractivity contribution in [1.82, 2.24) is 10.2 Å². The first kappa shape index (κ1) is 11.9. The lowest BCUT2D eigenvalue weighted by atomic mass is 10.3. The number of esters is 1. The molecule has 13 heavy (non-hydrogen) atoms. The Morgan fingerprint density at radius 3 is 2.31 bits per heavy atom. The normalized spacial score (nSPS) is 12.4. The van der Waals surface area contributed by atoms with Gasteiger partial charge in [0.15, 0.2) is 0 Å². The number of nitrogens with zero attached hydrogens (tertiary/aromatic N) is 1. The number of hydrogen-bond acceptors (Lipinski definition) is 4. The molecule has 0 heterocycles. The zero-order valence-electron chi connectivity index (χ0n) is 8.46. The Balaban J connectivity index is 4.18. The summed E-state index contributed by atoms with van der Waals surface area (Å²) in [6.07, 6.45) is 0. The van der Waals surface area contributed by atoms with Gasteiger partial charge in [0.2, 0.25) is 5.91 Å². The Kier molecular flexibility index (Phi) is 5.06. The van der Waals surface area contributed by atoms with Gasteiger partial charge in [-0.3, -0.25) is 4.79 Å². The number of amides is 1. The molecule has 0 saturated heterocycles. The number of nitrogens with one attached hydrogen (secondary N) is 1. The van der Waals surface area contributed by atoms with Crippen LogP contribution >= 0.6 is 0 Å². The summed E-state index contributed by atoms with van der Waals surface area (Å²) in [7, 11) is 4.93. The molecule has 0 aromatic carbocycles. The van der Waals surface area contributed by atoms with E-state index in [9.17, 15) is 9.59 Å². The first-order valence-electron chi connectivity index (χ1n) is 3.97. The van der Waals surface area contributed by atoms with Crippen LogP contribution in [0, 0.1) is 0 Å². The van der Waals surface area contributed by atoms with Crippen LogP contribution < -0.4 is 5.32 Å². The molecule has 0 bridgehead atoms. The largest absolute Gasteiger partial charge is 0.467 e. The molecular weight excluding hydrogens is 172 g/mol. The molecule has 1 N–H and O–H groups in total. The average Bonchev–Trinajstić information content (AvgIpc) is 2.00. The van der Waals surface area contributed by atoms with Gasteiger partial charge in [-0.25, -0.2) is 4.79 Å². The highest BCUT2D eigenvalue weighted by atomic mass is 16.5. The second-order valence-electron chi connectivity index (χ2n) is 3.04. The van der Waals surface area contributed by atoms with Crippen LogP contribution in [0.15, 0.2) is 0 Å². The van der Waals surface area contributed by atoms with E-state index in [0.29, 0.717) is 6.54 Å². The van der Waals surface area contributed by atoms with Crippen molar-refractivity contribution in [3.63, 3.8) is 0 Å². The van der Waals surface area contributed by atoms with Gasteiger partial charge in [0.1, 0.15) is 6.04 Å². The molecular formula is C8H16N2O3. The van der Waals surface area contributed by atoms with Crippen LogP contribution in [0.2, 0.25) is 0 Å². The monoisotopic (exact) mass is 188 g/mol. The van der Waals surface area contributed by atoms with Crippen molar-refractivity contribution in [3.8, 4) is 0 Å². The minimum Gasteiger partial charge on any atom is -0.467 e. The second-order valence-corrected chi connectivity index (χ2v) is 3.04. The molecule has 5 heteroatoms. The third-order valence-corrected chi connectivity index (χ3v) is 1.41. The van der Waals surface area contributed by atoms with Crippen LogP contribution in [0.3, 0.4) is 0 Å². The summed E-state index contributed by atoms with van der Waals surface area (Å²) in [5, 5.41) is 2.51. The van der Waals surface area contributed by atoms with Crippen LogP contribution in [0.25, 0.3) is 0 Å².